The van der Waals surface area contributed by atoms with Crippen molar-refractivity contribution >= 4 is 23.4 Å². The SMILES string of the molecule is C/C=C1/C[C@@H](c2cc(CO)cc(NC[C@](C)(O)CCOC)c2)C#C[C@H]2CC(=O)Oc3cc(O)c(cc32)C[C@H]([C@]2(O)CCC[C@@H]3CC(=O)CC[C@@H]32)OC1=O. The Bertz CT molecular complexity index is 1820. The molecule has 2 aromatic rings. The Balaban J connectivity index is 1.42. The molecule has 0 unspecified atom stereocenters. The number of aromatic hydroxyl groups is 1. The fourth-order valence-corrected chi connectivity index (χ4v) is 8.54. The number of ether oxygens (including phenoxy) is 3. The number of ketones is 1. The van der Waals surface area contributed by atoms with Crippen molar-refractivity contribution in [3.05, 3.63) is 64.2 Å². The third kappa shape index (κ3) is 8.62. The van der Waals surface area contributed by atoms with Crippen LogP contribution < -0.4 is 10.1 Å². The molecule has 4 aliphatic rings. The summed E-state index contributed by atoms with van der Waals surface area (Å²) in [5.74, 6) is 4.29. The van der Waals surface area contributed by atoms with Gasteiger partial charge < -0.3 is 40.0 Å². The lowest BCUT2D eigenvalue weighted by molar-refractivity contribution is -0.187. The molecule has 0 aromatic heterocycles. The number of hydrogen-bond acceptors (Lipinski definition) is 11. The maximum atomic E-state index is 14.2. The molecule has 2 fully saturated rings. The van der Waals surface area contributed by atoms with Crippen LogP contribution in [0.3, 0.4) is 0 Å². The Morgan fingerprint density at radius 3 is 2.60 bits per heavy atom. The van der Waals surface area contributed by atoms with Crippen molar-refractivity contribution in [3.63, 3.8) is 0 Å². The Morgan fingerprint density at radius 2 is 1.85 bits per heavy atom. The first kappa shape index (κ1) is 38.5. The van der Waals surface area contributed by atoms with Crippen LogP contribution in [0.2, 0.25) is 0 Å². The molecule has 0 saturated heterocycles. The van der Waals surface area contributed by atoms with Crippen LogP contribution in [-0.4, -0.2) is 75.7 Å². The summed E-state index contributed by atoms with van der Waals surface area (Å²) in [5, 5.41) is 48.2. The second-order valence-electron chi connectivity index (χ2n) is 15.5. The minimum atomic E-state index is -1.44. The number of esters is 2. The van der Waals surface area contributed by atoms with E-state index in [4.69, 9.17) is 14.2 Å². The van der Waals surface area contributed by atoms with E-state index in [-0.39, 0.29) is 61.5 Å². The highest BCUT2D eigenvalue weighted by molar-refractivity contribution is 5.89. The summed E-state index contributed by atoms with van der Waals surface area (Å²) < 4.78 is 17.0. The van der Waals surface area contributed by atoms with Crippen LogP contribution in [-0.2, 0) is 36.9 Å². The molecule has 0 spiro atoms. The summed E-state index contributed by atoms with van der Waals surface area (Å²) in [6, 6.07) is 8.61. The van der Waals surface area contributed by atoms with Gasteiger partial charge in [0.15, 0.2) is 0 Å². The van der Waals surface area contributed by atoms with Gasteiger partial charge in [0.25, 0.3) is 0 Å². The van der Waals surface area contributed by atoms with Gasteiger partial charge in [-0.15, -0.1) is 0 Å². The van der Waals surface area contributed by atoms with Crippen molar-refractivity contribution in [3.8, 4) is 23.3 Å². The number of aliphatic hydroxyl groups is 3. The minimum Gasteiger partial charge on any atom is -0.508 e. The van der Waals surface area contributed by atoms with E-state index in [1.54, 1.807) is 39.2 Å². The van der Waals surface area contributed by atoms with Crippen molar-refractivity contribution in [2.24, 2.45) is 11.8 Å². The second kappa shape index (κ2) is 16.0. The van der Waals surface area contributed by atoms with Crippen LogP contribution in [0.4, 0.5) is 5.69 Å². The highest BCUT2D eigenvalue weighted by Gasteiger charge is 2.53. The van der Waals surface area contributed by atoms with Crippen molar-refractivity contribution in [2.75, 3.05) is 25.6 Å². The molecule has 284 valence electrons. The molecule has 11 heteroatoms. The van der Waals surface area contributed by atoms with Gasteiger partial charge in [0.1, 0.15) is 29.0 Å². The summed E-state index contributed by atoms with van der Waals surface area (Å²) in [6.45, 7) is 3.79. The molecule has 2 bridgehead atoms. The predicted molar refractivity (Wildman–Crippen MR) is 196 cm³/mol. The van der Waals surface area contributed by atoms with Crippen molar-refractivity contribution in [1.82, 2.24) is 0 Å². The molecule has 2 aliphatic carbocycles. The second-order valence-corrected chi connectivity index (χ2v) is 15.5. The topological polar surface area (TPSA) is 172 Å². The Labute approximate surface area is 310 Å². The van der Waals surface area contributed by atoms with E-state index in [1.807, 2.05) is 12.1 Å². The van der Waals surface area contributed by atoms with Crippen molar-refractivity contribution in [1.29, 1.82) is 0 Å². The average molecular weight is 730 g/mol. The number of fused-ring (bicyclic) bond motifs is 2. The van der Waals surface area contributed by atoms with Gasteiger partial charge in [-0.25, -0.2) is 4.79 Å². The Kier molecular flexibility index (Phi) is 11.6. The zero-order valence-electron chi connectivity index (χ0n) is 30.8. The van der Waals surface area contributed by atoms with E-state index in [1.165, 1.54) is 6.07 Å². The van der Waals surface area contributed by atoms with Gasteiger partial charge in [0.05, 0.1) is 24.5 Å². The third-order valence-electron chi connectivity index (χ3n) is 11.6. The van der Waals surface area contributed by atoms with Gasteiger partial charge >= 0.3 is 11.9 Å². The number of nitrogens with one attached hydrogen (secondary N) is 1. The number of carbonyl (C=O) groups excluding carboxylic acids is 3. The summed E-state index contributed by atoms with van der Waals surface area (Å²) in [6.07, 6.45) is 4.25. The van der Waals surface area contributed by atoms with Crippen molar-refractivity contribution < 1.29 is 49.0 Å². The standard InChI is InChI=1S/C42H51NO10/c1-4-26-16-27(30-14-25(23-44)15-32(17-30)43-24-41(2,49)12-13-51-3)7-8-28-21-39(47)52-37-22-36(46)31(19-34(28)37)20-38(53-40(26)48)42(50)11-5-6-29-18-33(45)9-10-35(29)42/h4,14-15,17,19,22,27-29,35,38,43-44,46,49-50H,5-6,9-13,16,18,20-21,23-24H2,1-3H3/b26-4-/t27-,28-,29+,35-,38+,41+,42-/m0/s1. The van der Waals surface area contributed by atoms with E-state index in [0.29, 0.717) is 78.6 Å². The average Bonchev–Trinajstić information content (AvgIpc) is 3.13. The van der Waals surface area contributed by atoms with Gasteiger partial charge in [-0.05, 0) is 86.3 Å². The Hall–Kier alpha value is -4.21. The molecule has 7 atom stereocenters. The Morgan fingerprint density at radius 1 is 1.06 bits per heavy atom. The maximum Gasteiger partial charge on any atom is 0.334 e. The van der Waals surface area contributed by atoms with Crippen LogP contribution in [0.1, 0.15) is 106 Å². The van der Waals surface area contributed by atoms with E-state index < -0.39 is 41.1 Å². The molecule has 11 nitrogen and oxygen atoms in total. The zero-order valence-corrected chi connectivity index (χ0v) is 30.8. The predicted octanol–water partition coefficient (Wildman–Crippen LogP) is 4.97. The highest BCUT2D eigenvalue weighted by Crippen LogP contribution is 2.49. The fourth-order valence-electron chi connectivity index (χ4n) is 8.54. The summed E-state index contributed by atoms with van der Waals surface area (Å²) >= 11 is 0. The molecular weight excluding hydrogens is 678 g/mol. The lowest BCUT2D eigenvalue weighted by atomic mass is 9.60. The molecule has 6 rings (SSSR count). The van der Waals surface area contributed by atoms with Crippen LogP contribution in [0, 0.1) is 23.7 Å². The lowest BCUT2D eigenvalue weighted by Gasteiger charge is -2.50. The smallest absolute Gasteiger partial charge is 0.334 e. The van der Waals surface area contributed by atoms with Crippen LogP contribution in [0.5, 0.6) is 11.5 Å². The molecule has 2 aromatic carbocycles. The van der Waals surface area contributed by atoms with Crippen LogP contribution in [0.15, 0.2) is 42.0 Å². The number of cyclic esters (lactones) is 1. The maximum absolute atomic E-state index is 14.2. The van der Waals surface area contributed by atoms with E-state index in [2.05, 4.69) is 17.2 Å². The number of carbonyl (C=O) groups is 3. The number of phenolic OH excluding ortho intramolecular Hbond substituents is 1. The van der Waals surface area contributed by atoms with Gasteiger partial charge in [0, 0.05) is 74.8 Å². The first-order valence-electron chi connectivity index (χ1n) is 18.7. The first-order chi connectivity index (χ1) is 25.3. The van der Waals surface area contributed by atoms with Crippen LogP contribution >= 0.6 is 0 Å². The molecule has 53 heavy (non-hydrogen) atoms. The van der Waals surface area contributed by atoms with E-state index in [0.717, 1.165) is 6.42 Å². The molecular formula is C42H51NO10. The summed E-state index contributed by atoms with van der Waals surface area (Å²) in [5.41, 5.74) is 0.805. The number of allylic oxidation sites excluding steroid dienone is 1. The number of aliphatic hydroxyl groups excluding tert-OH is 1. The van der Waals surface area contributed by atoms with Gasteiger partial charge in [-0.3, -0.25) is 9.59 Å². The van der Waals surface area contributed by atoms with E-state index in [9.17, 15) is 34.8 Å². The first-order valence-corrected chi connectivity index (χ1v) is 18.7. The number of phenols is 1. The van der Waals surface area contributed by atoms with E-state index >= 15 is 0 Å². The zero-order chi connectivity index (χ0) is 37.9. The molecule has 2 aliphatic heterocycles. The molecule has 2 saturated carbocycles. The normalized spacial score (nSPS) is 29.2. The molecule has 0 radical (unpaired) electrons. The molecule has 0 amide bonds. The van der Waals surface area contributed by atoms with Gasteiger partial charge in [-0.2, -0.15) is 0 Å². The van der Waals surface area contributed by atoms with Crippen molar-refractivity contribution in [2.45, 2.75) is 114 Å². The quantitative estimate of drug-likeness (QED) is 0.102. The van der Waals surface area contributed by atoms with Gasteiger partial charge in [0.2, 0.25) is 0 Å². The number of methoxy groups -OCH3 is 1. The lowest BCUT2D eigenvalue weighted by Crippen LogP contribution is -2.57. The van der Waals surface area contributed by atoms with Crippen LogP contribution in [0.25, 0.3) is 0 Å². The minimum absolute atomic E-state index is 0.00870. The largest absolute Gasteiger partial charge is 0.508 e. The number of hydrogen-bond donors (Lipinski definition) is 5. The highest BCUT2D eigenvalue weighted by atomic mass is 16.6. The number of benzene rings is 2. The number of Topliss-reactive ketones (excluding diaryl/α,β-unsaturated/α-hetero) is 1. The molecule has 2 heterocycles. The number of rotatable bonds is 9. The molecule has 5 N–H and O–H groups in total. The fraction of sp³-hybridized carbons (Fsp3) is 0.548. The monoisotopic (exact) mass is 729 g/mol. The summed E-state index contributed by atoms with van der Waals surface area (Å²) in [7, 11) is 1.58. The summed E-state index contributed by atoms with van der Waals surface area (Å²) in [4.78, 5) is 39.5. The third-order valence-corrected chi connectivity index (χ3v) is 11.6. The number of anilines is 1. The van der Waals surface area contributed by atoms with Gasteiger partial charge in [-0.1, -0.05) is 30.4 Å².